The van der Waals surface area contributed by atoms with E-state index in [0.717, 1.165) is 0 Å². The van der Waals surface area contributed by atoms with Crippen molar-refractivity contribution in [3.63, 3.8) is 0 Å². The number of hydrogen-bond donors (Lipinski definition) is 1. The van der Waals surface area contributed by atoms with Crippen LogP contribution in [-0.2, 0) is 9.47 Å². The minimum atomic E-state index is -0.663. The van der Waals surface area contributed by atoms with E-state index < -0.39 is 23.4 Å². The summed E-state index contributed by atoms with van der Waals surface area (Å²) >= 11 is 0. The van der Waals surface area contributed by atoms with Crippen LogP contribution in [0.1, 0.15) is 52.7 Å². The summed E-state index contributed by atoms with van der Waals surface area (Å²) in [6.07, 6.45) is 0.458. The standard InChI is InChI=1S/C22H25N3O4/c1-21(2,3)28-19(26)24-11-7-8-16-14-25(20(27)29-22(4,5)6)18-12-15(13-23)9-10-17(16)18/h9-10,12,14H,11H2,1-6H3,(H,24,26). The summed E-state index contributed by atoms with van der Waals surface area (Å²) in [6.45, 7) is 10.8. The number of hydrogen-bond acceptors (Lipinski definition) is 5. The fourth-order valence-electron chi connectivity index (χ4n) is 2.43. The lowest BCUT2D eigenvalue weighted by Gasteiger charge is -2.19. The van der Waals surface area contributed by atoms with Gasteiger partial charge in [-0.05, 0) is 53.7 Å². The first-order valence-electron chi connectivity index (χ1n) is 9.14. The third kappa shape index (κ3) is 6.29. The number of fused-ring (bicyclic) bond motifs is 1. The Morgan fingerprint density at radius 1 is 1.10 bits per heavy atom. The Balaban J connectivity index is 2.30. The maximum absolute atomic E-state index is 12.6. The van der Waals surface area contributed by atoms with Crippen LogP contribution in [-0.4, -0.2) is 34.5 Å². The van der Waals surface area contributed by atoms with Crippen LogP contribution in [0.25, 0.3) is 10.9 Å². The molecular weight excluding hydrogens is 370 g/mol. The molecule has 1 aromatic carbocycles. The van der Waals surface area contributed by atoms with Gasteiger partial charge in [0.1, 0.15) is 11.2 Å². The number of carbonyl (C=O) groups is 2. The molecule has 7 heteroatoms. The summed E-state index contributed by atoms with van der Waals surface area (Å²) in [6, 6.07) is 7.07. The number of carbonyl (C=O) groups excluding carboxylic acids is 2. The minimum Gasteiger partial charge on any atom is -0.444 e. The van der Waals surface area contributed by atoms with Gasteiger partial charge in [0.25, 0.3) is 0 Å². The lowest BCUT2D eigenvalue weighted by molar-refractivity contribution is 0.0527. The molecule has 0 atom stereocenters. The molecule has 0 aliphatic rings. The second-order valence-electron chi connectivity index (χ2n) is 8.39. The molecule has 0 saturated heterocycles. The van der Waals surface area contributed by atoms with Crippen molar-refractivity contribution in [1.29, 1.82) is 5.26 Å². The zero-order chi connectivity index (χ0) is 21.8. The smallest absolute Gasteiger partial charge is 0.419 e. The number of ether oxygens (including phenoxy) is 2. The zero-order valence-electron chi connectivity index (χ0n) is 17.5. The molecule has 0 spiro atoms. The number of amides is 1. The predicted molar refractivity (Wildman–Crippen MR) is 109 cm³/mol. The number of alkyl carbamates (subject to hydrolysis) is 1. The molecule has 152 valence electrons. The van der Waals surface area contributed by atoms with Crippen LogP contribution in [0.2, 0.25) is 0 Å². The van der Waals surface area contributed by atoms with Crippen LogP contribution >= 0.6 is 0 Å². The van der Waals surface area contributed by atoms with E-state index in [0.29, 0.717) is 22.0 Å². The minimum absolute atomic E-state index is 0.0876. The SMILES string of the molecule is CC(C)(C)OC(=O)NCC#Cc1cn(C(=O)OC(C)(C)C)c2cc(C#N)ccc12. The molecule has 2 rings (SSSR count). The van der Waals surface area contributed by atoms with Crippen LogP contribution in [0.3, 0.4) is 0 Å². The normalized spacial score (nSPS) is 11.2. The monoisotopic (exact) mass is 395 g/mol. The Kier molecular flexibility index (Phi) is 6.24. The topological polar surface area (TPSA) is 93.3 Å². The van der Waals surface area contributed by atoms with Gasteiger partial charge in [0.15, 0.2) is 0 Å². The van der Waals surface area contributed by atoms with Gasteiger partial charge in [-0.1, -0.05) is 17.9 Å². The van der Waals surface area contributed by atoms with Gasteiger partial charge in [-0.2, -0.15) is 5.26 Å². The summed E-state index contributed by atoms with van der Waals surface area (Å²) in [5, 5.41) is 12.4. The highest BCUT2D eigenvalue weighted by Crippen LogP contribution is 2.23. The largest absolute Gasteiger partial charge is 0.444 e. The Morgan fingerprint density at radius 3 is 2.34 bits per heavy atom. The average Bonchev–Trinajstić information content (AvgIpc) is 2.93. The van der Waals surface area contributed by atoms with Crippen molar-refractivity contribution < 1.29 is 19.1 Å². The van der Waals surface area contributed by atoms with Crippen molar-refractivity contribution in [3.05, 3.63) is 35.5 Å². The second-order valence-corrected chi connectivity index (χ2v) is 8.39. The van der Waals surface area contributed by atoms with Crippen molar-refractivity contribution in [2.24, 2.45) is 0 Å². The first kappa shape index (κ1) is 21.8. The molecule has 0 aliphatic heterocycles. The Morgan fingerprint density at radius 2 is 1.76 bits per heavy atom. The summed E-state index contributed by atoms with van der Waals surface area (Å²) in [5.41, 5.74) is 0.288. The highest BCUT2D eigenvalue weighted by molar-refractivity contribution is 5.94. The summed E-state index contributed by atoms with van der Waals surface area (Å²) in [4.78, 5) is 24.3. The van der Waals surface area contributed by atoms with E-state index in [1.165, 1.54) is 4.57 Å². The molecule has 29 heavy (non-hydrogen) atoms. The summed E-state index contributed by atoms with van der Waals surface area (Å²) < 4.78 is 11.9. The summed E-state index contributed by atoms with van der Waals surface area (Å²) in [5.74, 6) is 5.80. The Hall–Kier alpha value is -3.45. The van der Waals surface area contributed by atoms with Crippen molar-refractivity contribution >= 4 is 23.1 Å². The number of nitrogens with one attached hydrogen (secondary N) is 1. The van der Waals surface area contributed by atoms with E-state index in [4.69, 9.17) is 9.47 Å². The first-order chi connectivity index (χ1) is 13.4. The molecule has 0 unspecified atom stereocenters. The Bertz CT molecular complexity index is 1030. The maximum atomic E-state index is 12.6. The fraction of sp³-hybridized carbons (Fsp3) is 0.409. The van der Waals surface area contributed by atoms with Crippen molar-refractivity contribution in [2.75, 3.05) is 6.54 Å². The molecule has 1 N–H and O–H groups in total. The predicted octanol–water partition coefficient (Wildman–Crippen LogP) is 4.17. The van der Waals surface area contributed by atoms with Crippen LogP contribution in [0, 0.1) is 23.2 Å². The fourth-order valence-corrected chi connectivity index (χ4v) is 2.43. The molecule has 0 bridgehead atoms. The summed E-state index contributed by atoms with van der Waals surface area (Å²) in [7, 11) is 0. The molecule has 7 nitrogen and oxygen atoms in total. The van der Waals surface area contributed by atoms with E-state index in [2.05, 4.69) is 23.2 Å². The number of rotatable bonds is 1. The molecule has 0 fully saturated rings. The number of nitriles is 1. The van der Waals surface area contributed by atoms with Crippen molar-refractivity contribution in [1.82, 2.24) is 9.88 Å². The molecule has 0 saturated carbocycles. The van der Waals surface area contributed by atoms with E-state index in [1.807, 2.05) is 0 Å². The molecule has 1 heterocycles. The second kappa shape index (κ2) is 8.28. The van der Waals surface area contributed by atoms with Gasteiger partial charge in [-0.3, -0.25) is 4.57 Å². The maximum Gasteiger partial charge on any atom is 0.419 e. The van der Waals surface area contributed by atoms with Crippen LogP contribution in [0.5, 0.6) is 0 Å². The third-order valence-electron chi connectivity index (χ3n) is 3.47. The van der Waals surface area contributed by atoms with Gasteiger partial charge in [0.05, 0.1) is 29.3 Å². The van der Waals surface area contributed by atoms with Gasteiger partial charge >= 0.3 is 12.2 Å². The van der Waals surface area contributed by atoms with E-state index in [-0.39, 0.29) is 6.54 Å². The highest BCUT2D eigenvalue weighted by Gasteiger charge is 2.21. The zero-order valence-corrected chi connectivity index (χ0v) is 17.5. The van der Waals surface area contributed by atoms with Crippen molar-refractivity contribution in [2.45, 2.75) is 52.7 Å². The lowest BCUT2D eigenvalue weighted by atomic mass is 10.1. The van der Waals surface area contributed by atoms with Gasteiger partial charge in [0, 0.05) is 11.6 Å². The van der Waals surface area contributed by atoms with Gasteiger partial charge in [-0.15, -0.1) is 0 Å². The van der Waals surface area contributed by atoms with Gasteiger partial charge in [-0.25, -0.2) is 9.59 Å². The molecule has 1 amide bonds. The lowest BCUT2D eigenvalue weighted by Crippen LogP contribution is -2.32. The van der Waals surface area contributed by atoms with E-state index in [9.17, 15) is 14.9 Å². The van der Waals surface area contributed by atoms with Gasteiger partial charge in [0.2, 0.25) is 0 Å². The van der Waals surface area contributed by atoms with Gasteiger partial charge < -0.3 is 14.8 Å². The first-order valence-corrected chi connectivity index (χ1v) is 9.14. The van der Waals surface area contributed by atoms with Crippen LogP contribution in [0.4, 0.5) is 9.59 Å². The average molecular weight is 395 g/mol. The molecule has 1 aromatic heterocycles. The van der Waals surface area contributed by atoms with Crippen LogP contribution in [0.15, 0.2) is 24.4 Å². The van der Waals surface area contributed by atoms with E-state index >= 15 is 0 Å². The number of aromatic nitrogens is 1. The Labute approximate surface area is 170 Å². The molecule has 0 aliphatic carbocycles. The molecule has 0 radical (unpaired) electrons. The highest BCUT2D eigenvalue weighted by atomic mass is 16.6. The van der Waals surface area contributed by atoms with E-state index in [1.54, 1.807) is 65.9 Å². The number of nitrogens with zero attached hydrogens (tertiary/aromatic N) is 2. The molecular formula is C22H25N3O4. The number of benzene rings is 1. The van der Waals surface area contributed by atoms with Crippen molar-refractivity contribution in [3.8, 4) is 17.9 Å². The van der Waals surface area contributed by atoms with Crippen LogP contribution < -0.4 is 5.32 Å². The quantitative estimate of drug-likeness (QED) is 0.732. The molecule has 2 aromatic rings. The third-order valence-corrected chi connectivity index (χ3v) is 3.47.